The maximum atomic E-state index is 10.4. The minimum Gasteiger partial charge on any atom is -0.481 e. The highest BCUT2D eigenvalue weighted by Gasteiger charge is 2.15. The molecule has 0 aliphatic heterocycles. The van der Waals surface area contributed by atoms with Crippen molar-refractivity contribution in [1.29, 1.82) is 0 Å². The van der Waals surface area contributed by atoms with Crippen molar-refractivity contribution in [2.24, 2.45) is 0 Å². The van der Waals surface area contributed by atoms with Crippen LogP contribution in [0.15, 0.2) is 12.5 Å². The lowest BCUT2D eigenvalue weighted by atomic mass is 10.1. The summed E-state index contributed by atoms with van der Waals surface area (Å²) in [7, 11) is 0. The summed E-state index contributed by atoms with van der Waals surface area (Å²) in [5.74, 6) is -0.739. The standard InChI is InChI=1S/C11H18N2O2/c1-11(2,3)13-8-12-7-9(13)5-4-6-10(14)15/h7-8H,4-6H2,1-3H3,(H,14,15). The molecule has 0 saturated heterocycles. The molecule has 84 valence electrons. The number of rotatable bonds is 4. The third kappa shape index (κ3) is 3.38. The Morgan fingerprint density at radius 2 is 2.20 bits per heavy atom. The van der Waals surface area contributed by atoms with Gasteiger partial charge in [0.15, 0.2) is 0 Å². The largest absolute Gasteiger partial charge is 0.481 e. The van der Waals surface area contributed by atoms with E-state index in [4.69, 9.17) is 5.11 Å². The van der Waals surface area contributed by atoms with E-state index in [1.807, 2.05) is 6.20 Å². The maximum Gasteiger partial charge on any atom is 0.303 e. The molecule has 1 aromatic rings. The molecule has 0 aromatic carbocycles. The number of aromatic nitrogens is 2. The monoisotopic (exact) mass is 210 g/mol. The van der Waals surface area contributed by atoms with E-state index in [2.05, 4.69) is 30.3 Å². The van der Waals surface area contributed by atoms with Crippen molar-refractivity contribution in [3.8, 4) is 0 Å². The van der Waals surface area contributed by atoms with Gasteiger partial charge in [-0.3, -0.25) is 4.79 Å². The topological polar surface area (TPSA) is 55.1 Å². The molecule has 0 saturated carbocycles. The Hall–Kier alpha value is -1.32. The molecule has 0 aliphatic rings. The van der Waals surface area contributed by atoms with Crippen molar-refractivity contribution in [1.82, 2.24) is 9.55 Å². The van der Waals surface area contributed by atoms with Gasteiger partial charge >= 0.3 is 5.97 Å². The molecule has 0 amide bonds. The van der Waals surface area contributed by atoms with E-state index in [-0.39, 0.29) is 12.0 Å². The molecule has 1 heterocycles. The molecule has 4 nitrogen and oxygen atoms in total. The number of carbonyl (C=O) groups is 1. The SMILES string of the molecule is CC(C)(C)n1cncc1CCCC(=O)O. The van der Waals surface area contributed by atoms with Crippen molar-refractivity contribution < 1.29 is 9.90 Å². The summed E-state index contributed by atoms with van der Waals surface area (Å²) in [4.78, 5) is 14.5. The second-order valence-corrected chi connectivity index (χ2v) is 4.67. The van der Waals surface area contributed by atoms with E-state index in [1.54, 1.807) is 6.33 Å². The van der Waals surface area contributed by atoms with Crippen molar-refractivity contribution >= 4 is 5.97 Å². The summed E-state index contributed by atoms with van der Waals surface area (Å²) in [6.45, 7) is 6.32. The fourth-order valence-electron chi connectivity index (χ4n) is 1.53. The Labute approximate surface area is 89.9 Å². The number of aryl methyl sites for hydroxylation is 1. The van der Waals surface area contributed by atoms with Crippen LogP contribution in [0.25, 0.3) is 0 Å². The molecule has 1 rings (SSSR count). The van der Waals surface area contributed by atoms with Gasteiger partial charge in [-0.1, -0.05) is 0 Å². The van der Waals surface area contributed by atoms with E-state index < -0.39 is 5.97 Å². The summed E-state index contributed by atoms with van der Waals surface area (Å²) in [6, 6.07) is 0. The smallest absolute Gasteiger partial charge is 0.303 e. The molecule has 0 aliphatic carbocycles. The molecular formula is C11H18N2O2. The van der Waals surface area contributed by atoms with Crippen molar-refractivity contribution in [3.63, 3.8) is 0 Å². The number of hydrogen-bond donors (Lipinski definition) is 1. The fraction of sp³-hybridized carbons (Fsp3) is 0.636. The van der Waals surface area contributed by atoms with Crippen LogP contribution >= 0.6 is 0 Å². The summed E-state index contributed by atoms with van der Waals surface area (Å²) in [5.41, 5.74) is 1.11. The first-order chi connectivity index (χ1) is 6.91. The molecule has 0 bridgehead atoms. The predicted octanol–water partition coefficient (Wildman–Crippen LogP) is 2.05. The van der Waals surface area contributed by atoms with Crippen LogP contribution in [-0.2, 0) is 16.8 Å². The van der Waals surface area contributed by atoms with Gasteiger partial charge in [0, 0.05) is 23.9 Å². The van der Waals surface area contributed by atoms with E-state index in [0.29, 0.717) is 6.42 Å². The van der Waals surface area contributed by atoms with Gasteiger partial charge in [0.25, 0.3) is 0 Å². The minimum absolute atomic E-state index is 0.00899. The van der Waals surface area contributed by atoms with Crippen LogP contribution in [0.3, 0.4) is 0 Å². The number of hydrogen-bond acceptors (Lipinski definition) is 2. The molecule has 0 atom stereocenters. The molecule has 1 aromatic heterocycles. The second-order valence-electron chi connectivity index (χ2n) is 4.67. The van der Waals surface area contributed by atoms with Gasteiger partial charge in [0.1, 0.15) is 0 Å². The van der Waals surface area contributed by atoms with E-state index in [9.17, 15) is 4.79 Å². The predicted molar refractivity (Wildman–Crippen MR) is 57.8 cm³/mol. The Balaban J connectivity index is 2.62. The highest BCUT2D eigenvalue weighted by atomic mass is 16.4. The number of nitrogens with zero attached hydrogens (tertiary/aromatic N) is 2. The van der Waals surface area contributed by atoms with Crippen molar-refractivity contribution in [2.45, 2.75) is 45.6 Å². The Morgan fingerprint density at radius 3 is 2.73 bits per heavy atom. The number of carboxylic acid groups (broad SMARTS) is 1. The first-order valence-corrected chi connectivity index (χ1v) is 5.15. The number of aliphatic carboxylic acids is 1. The maximum absolute atomic E-state index is 10.4. The van der Waals surface area contributed by atoms with Gasteiger partial charge in [0.2, 0.25) is 0 Å². The number of imidazole rings is 1. The molecule has 4 heteroatoms. The van der Waals surface area contributed by atoms with Crippen LogP contribution in [0.2, 0.25) is 0 Å². The lowest BCUT2D eigenvalue weighted by Gasteiger charge is -2.23. The average molecular weight is 210 g/mol. The zero-order chi connectivity index (χ0) is 11.5. The third-order valence-electron chi connectivity index (χ3n) is 2.26. The molecule has 1 N–H and O–H groups in total. The fourth-order valence-corrected chi connectivity index (χ4v) is 1.53. The quantitative estimate of drug-likeness (QED) is 0.827. The van der Waals surface area contributed by atoms with Gasteiger partial charge in [-0.05, 0) is 33.6 Å². The van der Waals surface area contributed by atoms with Gasteiger partial charge in [-0.25, -0.2) is 4.98 Å². The van der Waals surface area contributed by atoms with Crippen LogP contribution in [0.1, 0.15) is 39.3 Å². The van der Waals surface area contributed by atoms with E-state index in [1.165, 1.54) is 0 Å². The van der Waals surface area contributed by atoms with Crippen LogP contribution in [-0.4, -0.2) is 20.6 Å². The van der Waals surface area contributed by atoms with Crippen molar-refractivity contribution in [3.05, 3.63) is 18.2 Å². The zero-order valence-corrected chi connectivity index (χ0v) is 9.53. The number of carboxylic acids is 1. The molecule has 0 fully saturated rings. The summed E-state index contributed by atoms with van der Waals surface area (Å²) in [6.07, 6.45) is 5.26. The van der Waals surface area contributed by atoms with Crippen LogP contribution in [0.4, 0.5) is 0 Å². The molecule has 0 spiro atoms. The lowest BCUT2D eigenvalue weighted by Crippen LogP contribution is -2.23. The van der Waals surface area contributed by atoms with E-state index in [0.717, 1.165) is 12.1 Å². The molecule has 0 unspecified atom stereocenters. The summed E-state index contributed by atoms with van der Waals surface area (Å²) < 4.78 is 2.09. The summed E-state index contributed by atoms with van der Waals surface area (Å²) in [5, 5.41) is 8.55. The van der Waals surface area contributed by atoms with Crippen LogP contribution in [0.5, 0.6) is 0 Å². The Morgan fingerprint density at radius 1 is 1.53 bits per heavy atom. The molecule has 15 heavy (non-hydrogen) atoms. The second kappa shape index (κ2) is 4.47. The average Bonchev–Trinajstić information content (AvgIpc) is 2.50. The van der Waals surface area contributed by atoms with Crippen molar-refractivity contribution in [2.75, 3.05) is 0 Å². The highest BCUT2D eigenvalue weighted by molar-refractivity contribution is 5.66. The Bertz CT molecular complexity index is 337. The first-order valence-electron chi connectivity index (χ1n) is 5.15. The highest BCUT2D eigenvalue weighted by Crippen LogP contribution is 2.17. The van der Waals surface area contributed by atoms with Crippen LogP contribution < -0.4 is 0 Å². The third-order valence-corrected chi connectivity index (χ3v) is 2.26. The molecule has 0 radical (unpaired) electrons. The van der Waals surface area contributed by atoms with Gasteiger partial charge in [0.05, 0.1) is 6.33 Å². The van der Waals surface area contributed by atoms with Crippen LogP contribution in [0, 0.1) is 0 Å². The van der Waals surface area contributed by atoms with Gasteiger partial charge in [-0.2, -0.15) is 0 Å². The zero-order valence-electron chi connectivity index (χ0n) is 9.53. The normalized spacial score (nSPS) is 11.7. The minimum atomic E-state index is -0.739. The summed E-state index contributed by atoms with van der Waals surface area (Å²) >= 11 is 0. The lowest BCUT2D eigenvalue weighted by molar-refractivity contribution is -0.137. The molecular weight excluding hydrogens is 192 g/mol. The van der Waals surface area contributed by atoms with Gasteiger partial charge < -0.3 is 9.67 Å². The van der Waals surface area contributed by atoms with E-state index >= 15 is 0 Å². The Kier molecular flexibility index (Phi) is 3.50. The van der Waals surface area contributed by atoms with Gasteiger partial charge in [-0.15, -0.1) is 0 Å². The first kappa shape index (κ1) is 11.8.